The summed E-state index contributed by atoms with van der Waals surface area (Å²) >= 11 is 0. The molecule has 2 atom stereocenters. The van der Waals surface area contributed by atoms with E-state index in [9.17, 15) is 4.79 Å². The third-order valence-electron chi connectivity index (χ3n) is 7.30. The van der Waals surface area contributed by atoms with E-state index in [-0.39, 0.29) is 12.1 Å². The van der Waals surface area contributed by atoms with Crippen LogP contribution in [0, 0.1) is 11.3 Å². The molecule has 2 aliphatic rings. The van der Waals surface area contributed by atoms with Crippen molar-refractivity contribution in [3.63, 3.8) is 0 Å². The average molecular weight is 502 g/mol. The quantitative estimate of drug-likeness (QED) is 0.325. The van der Waals surface area contributed by atoms with Crippen LogP contribution in [0.15, 0.2) is 36.5 Å². The van der Waals surface area contributed by atoms with Gasteiger partial charge in [0.1, 0.15) is 11.4 Å². The number of urea groups is 1. The highest BCUT2D eigenvalue weighted by atomic mass is 16.2. The molecule has 0 radical (unpaired) electrons. The second kappa shape index (κ2) is 10.6. The van der Waals surface area contributed by atoms with Gasteiger partial charge < -0.3 is 31.6 Å². The Kier molecular flexibility index (Phi) is 7.07. The zero-order chi connectivity index (χ0) is 25.9. The van der Waals surface area contributed by atoms with Crippen LogP contribution < -0.4 is 21.3 Å². The van der Waals surface area contributed by atoms with Crippen LogP contribution in [0.25, 0.3) is 10.9 Å². The van der Waals surface area contributed by atoms with Crippen molar-refractivity contribution in [2.75, 3.05) is 41.7 Å². The van der Waals surface area contributed by atoms with Gasteiger partial charge in [-0.25, -0.2) is 9.78 Å². The van der Waals surface area contributed by atoms with Crippen LogP contribution >= 0.6 is 0 Å². The highest BCUT2D eigenvalue weighted by Gasteiger charge is 2.34. The lowest BCUT2D eigenvalue weighted by atomic mass is 10.0. The topological polar surface area (TPSA) is 136 Å². The van der Waals surface area contributed by atoms with E-state index in [2.05, 4.69) is 36.6 Å². The summed E-state index contributed by atoms with van der Waals surface area (Å²) in [5.74, 6) is 1.72. The summed E-state index contributed by atoms with van der Waals surface area (Å²) in [5, 5.41) is 16.5. The van der Waals surface area contributed by atoms with Crippen LogP contribution in [0.3, 0.4) is 0 Å². The largest absolute Gasteiger partial charge is 0.378 e. The fourth-order valence-corrected chi connectivity index (χ4v) is 4.74. The van der Waals surface area contributed by atoms with Crippen molar-refractivity contribution in [1.82, 2.24) is 19.9 Å². The van der Waals surface area contributed by atoms with Gasteiger partial charge in [-0.3, -0.25) is 4.98 Å². The first-order chi connectivity index (χ1) is 18.0. The molecule has 0 spiro atoms. The minimum absolute atomic E-state index is 0.0441. The van der Waals surface area contributed by atoms with Crippen LogP contribution in [-0.4, -0.2) is 64.3 Å². The van der Waals surface area contributed by atoms with Crippen molar-refractivity contribution in [3.8, 4) is 0 Å². The predicted molar refractivity (Wildman–Crippen MR) is 147 cm³/mol. The van der Waals surface area contributed by atoms with Crippen molar-refractivity contribution in [3.05, 3.63) is 47.8 Å². The zero-order valence-electron chi connectivity index (χ0n) is 21.4. The first kappa shape index (κ1) is 24.7. The summed E-state index contributed by atoms with van der Waals surface area (Å²) in [7, 11) is 0. The van der Waals surface area contributed by atoms with Gasteiger partial charge in [-0.05, 0) is 49.8 Å². The molecule has 10 nitrogen and oxygen atoms in total. The van der Waals surface area contributed by atoms with E-state index in [0.717, 1.165) is 41.4 Å². The maximum atomic E-state index is 11.6. The number of nitrogens with zero attached hydrogens (tertiary/aromatic N) is 5. The molecule has 1 aliphatic carbocycles. The van der Waals surface area contributed by atoms with Crippen molar-refractivity contribution in [1.29, 1.82) is 5.41 Å². The van der Waals surface area contributed by atoms with Crippen LogP contribution in [0.2, 0.25) is 0 Å². The molecule has 2 fully saturated rings. The number of hydrogen-bond acceptors (Lipinski definition) is 8. The Bertz CT molecular complexity index is 1280. The standard InChI is InChI=1S/C27H35N9O/c1-3-17(2)31-24-22(15-28)32-27(36-12-10-35(11-13-36)26(29)37)34-25(24)33-23(18-8-9-18)20-14-19-6-4-5-7-21(19)30-16-20/h4-7,14-18,23,28,31H,3,8-13H2,1-2H3,(H2,29,37)(H,32,33,34)/t17?,23-/m1/s1. The molecule has 3 heterocycles. The maximum absolute atomic E-state index is 11.6. The highest BCUT2D eigenvalue weighted by Crippen LogP contribution is 2.44. The molecule has 37 heavy (non-hydrogen) atoms. The molecule has 1 saturated heterocycles. The Morgan fingerprint density at radius 2 is 1.95 bits per heavy atom. The first-order valence-corrected chi connectivity index (χ1v) is 13.1. The van der Waals surface area contributed by atoms with Gasteiger partial charge in [-0.15, -0.1) is 0 Å². The number of carbonyl (C=O) groups is 1. The smallest absolute Gasteiger partial charge is 0.314 e. The number of pyridine rings is 1. The first-order valence-electron chi connectivity index (χ1n) is 13.1. The van der Waals surface area contributed by atoms with Gasteiger partial charge in [0.25, 0.3) is 0 Å². The van der Waals surface area contributed by atoms with Crippen molar-refractivity contribution < 1.29 is 4.79 Å². The minimum atomic E-state index is -0.410. The monoisotopic (exact) mass is 501 g/mol. The SMILES string of the molecule is CCC(C)Nc1c(C=N)nc(N2CCN(C(N)=O)CC2)nc1N[C@@H](c1cnc2ccccc2c1)C1CC1. The number of benzene rings is 1. The van der Waals surface area contributed by atoms with E-state index in [0.29, 0.717) is 49.6 Å². The number of rotatable bonds is 9. The molecule has 5 N–H and O–H groups in total. The summed E-state index contributed by atoms with van der Waals surface area (Å²) < 4.78 is 0. The van der Waals surface area contributed by atoms with E-state index in [1.165, 1.54) is 6.21 Å². The number of nitrogens with two attached hydrogens (primary N) is 1. The number of carbonyl (C=O) groups excluding carboxylic acids is 1. The van der Waals surface area contributed by atoms with Gasteiger partial charge in [0.05, 0.1) is 11.6 Å². The third kappa shape index (κ3) is 5.42. The third-order valence-corrected chi connectivity index (χ3v) is 7.30. The van der Waals surface area contributed by atoms with Crippen LogP contribution in [0.5, 0.6) is 0 Å². The Balaban J connectivity index is 1.51. The maximum Gasteiger partial charge on any atom is 0.314 e. The van der Waals surface area contributed by atoms with E-state index in [4.69, 9.17) is 26.1 Å². The number of hydrogen-bond donors (Lipinski definition) is 4. The lowest BCUT2D eigenvalue weighted by molar-refractivity contribution is 0.204. The fraction of sp³-hybridized carbons (Fsp3) is 0.444. The van der Waals surface area contributed by atoms with Gasteiger partial charge in [0.2, 0.25) is 5.95 Å². The number of nitrogens with one attached hydrogen (secondary N) is 3. The van der Waals surface area contributed by atoms with Gasteiger partial charge in [0.15, 0.2) is 5.82 Å². The second-order valence-electron chi connectivity index (χ2n) is 9.96. The van der Waals surface area contributed by atoms with Crippen molar-refractivity contribution in [2.45, 2.75) is 45.2 Å². The molecule has 1 saturated carbocycles. The van der Waals surface area contributed by atoms with Crippen molar-refractivity contribution in [2.24, 2.45) is 11.7 Å². The summed E-state index contributed by atoms with van der Waals surface area (Å²) in [6, 6.07) is 10.2. The Hall–Kier alpha value is -3.95. The average Bonchev–Trinajstić information content (AvgIpc) is 3.77. The lowest BCUT2D eigenvalue weighted by Crippen LogP contribution is -2.51. The molecule has 1 aliphatic heterocycles. The molecule has 0 bridgehead atoms. The Morgan fingerprint density at radius 3 is 2.62 bits per heavy atom. The van der Waals surface area contributed by atoms with Crippen LogP contribution in [-0.2, 0) is 0 Å². The molecule has 2 aromatic heterocycles. The number of piperazine rings is 1. The number of anilines is 3. The molecule has 194 valence electrons. The number of fused-ring (bicyclic) bond motifs is 1. The van der Waals surface area contributed by atoms with Gasteiger partial charge in [-0.2, -0.15) is 4.98 Å². The molecule has 3 aromatic rings. The van der Waals surface area contributed by atoms with Crippen LogP contribution in [0.4, 0.5) is 22.2 Å². The zero-order valence-corrected chi connectivity index (χ0v) is 21.4. The normalized spacial score (nSPS) is 17.4. The predicted octanol–water partition coefficient (Wildman–Crippen LogP) is 4.00. The molecule has 1 unspecified atom stereocenters. The summed E-state index contributed by atoms with van der Waals surface area (Å²) in [6.45, 7) is 6.43. The summed E-state index contributed by atoms with van der Waals surface area (Å²) in [4.78, 5) is 29.7. The second-order valence-corrected chi connectivity index (χ2v) is 9.96. The van der Waals surface area contributed by atoms with E-state index in [1.54, 1.807) is 4.90 Å². The molecule has 1 aromatic carbocycles. The highest BCUT2D eigenvalue weighted by molar-refractivity contribution is 5.89. The van der Waals surface area contributed by atoms with Crippen LogP contribution in [0.1, 0.15) is 50.4 Å². The van der Waals surface area contributed by atoms with Gasteiger partial charge in [-0.1, -0.05) is 25.1 Å². The molecule has 5 rings (SSSR count). The molecular formula is C27H35N9O. The Morgan fingerprint density at radius 1 is 1.19 bits per heavy atom. The van der Waals surface area contributed by atoms with Crippen molar-refractivity contribution >= 4 is 40.6 Å². The lowest BCUT2D eigenvalue weighted by Gasteiger charge is -2.34. The van der Waals surface area contributed by atoms with Gasteiger partial charge in [0, 0.05) is 50.0 Å². The van der Waals surface area contributed by atoms with E-state index < -0.39 is 6.03 Å². The minimum Gasteiger partial charge on any atom is -0.378 e. The summed E-state index contributed by atoms with van der Waals surface area (Å²) in [5.41, 5.74) is 8.85. The summed E-state index contributed by atoms with van der Waals surface area (Å²) in [6.07, 6.45) is 6.45. The number of amides is 2. The molecule has 2 amide bonds. The van der Waals surface area contributed by atoms with E-state index >= 15 is 0 Å². The fourth-order valence-electron chi connectivity index (χ4n) is 4.74. The molecular weight excluding hydrogens is 466 g/mol. The van der Waals surface area contributed by atoms with E-state index in [1.807, 2.05) is 29.3 Å². The number of para-hydroxylation sites is 1. The Labute approximate surface area is 217 Å². The molecule has 10 heteroatoms. The number of aromatic nitrogens is 3. The number of primary amides is 1. The van der Waals surface area contributed by atoms with Gasteiger partial charge >= 0.3 is 6.03 Å².